The Bertz CT molecular complexity index is 830. The van der Waals surface area contributed by atoms with Crippen LogP contribution in [0.5, 0.6) is 0 Å². The Hall–Kier alpha value is -2.62. The molecule has 1 atom stereocenters. The van der Waals surface area contributed by atoms with Crippen LogP contribution in [0.4, 0.5) is 11.4 Å². The molecule has 1 N–H and O–H groups in total. The van der Waals surface area contributed by atoms with Gasteiger partial charge in [0.05, 0.1) is 5.92 Å². The number of carbonyl (C=O) groups is 2. The Kier molecular flexibility index (Phi) is 5.64. The van der Waals surface area contributed by atoms with Gasteiger partial charge in [-0.05, 0) is 48.9 Å². The summed E-state index contributed by atoms with van der Waals surface area (Å²) >= 11 is 0. The minimum atomic E-state index is -0.328. The average Bonchev–Trinajstić information content (AvgIpc) is 3.03. The molecule has 3 rings (SSSR count). The van der Waals surface area contributed by atoms with E-state index in [1.165, 1.54) is 0 Å². The summed E-state index contributed by atoms with van der Waals surface area (Å²) in [6.07, 6.45) is 1.98. The number of hydrogen-bond acceptors (Lipinski definition) is 2. The van der Waals surface area contributed by atoms with Gasteiger partial charge in [-0.3, -0.25) is 9.59 Å². The molecule has 0 saturated carbocycles. The molecule has 1 fully saturated rings. The summed E-state index contributed by atoms with van der Waals surface area (Å²) < 4.78 is 0. The number of amides is 2. The maximum atomic E-state index is 13.0. The number of carbonyl (C=O) groups excluding carboxylic acids is 2. The van der Waals surface area contributed by atoms with Crippen molar-refractivity contribution in [2.45, 2.75) is 47.0 Å². The smallest absolute Gasteiger partial charge is 0.229 e. The average molecular weight is 364 g/mol. The fourth-order valence-electron chi connectivity index (χ4n) is 3.96. The van der Waals surface area contributed by atoms with E-state index in [1.54, 1.807) is 4.90 Å². The zero-order chi connectivity index (χ0) is 19.6. The van der Waals surface area contributed by atoms with Crippen LogP contribution in [0, 0.1) is 19.8 Å². The Morgan fingerprint density at radius 2 is 1.59 bits per heavy atom. The molecule has 2 aromatic rings. The second-order valence-corrected chi connectivity index (χ2v) is 7.29. The van der Waals surface area contributed by atoms with E-state index in [0.29, 0.717) is 6.54 Å². The first-order chi connectivity index (χ1) is 13.0. The number of rotatable bonds is 5. The molecule has 1 saturated heterocycles. The van der Waals surface area contributed by atoms with Gasteiger partial charge in [-0.25, -0.2) is 0 Å². The van der Waals surface area contributed by atoms with Crippen molar-refractivity contribution in [2.75, 3.05) is 16.8 Å². The van der Waals surface area contributed by atoms with Gasteiger partial charge in [-0.1, -0.05) is 50.2 Å². The van der Waals surface area contributed by atoms with Crippen LogP contribution < -0.4 is 10.2 Å². The predicted octanol–water partition coefficient (Wildman–Crippen LogP) is 4.42. The number of nitrogens with one attached hydrogen (secondary N) is 1. The predicted molar refractivity (Wildman–Crippen MR) is 110 cm³/mol. The molecule has 0 unspecified atom stereocenters. The molecule has 0 bridgehead atoms. The largest absolute Gasteiger partial charge is 0.325 e. The maximum absolute atomic E-state index is 13.0. The summed E-state index contributed by atoms with van der Waals surface area (Å²) in [5.41, 5.74) is 6.27. The van der Waals surface area contributed by atoms with E-state index < -0.39 is 0 Å². The van der Waals surface area contributed by atoms with Crippen LogP contribution in [-0.4, -0.2) is 18.4 Å². The topological polar surface area (TPSA) is 49.4 Å². The van der Waals surface area contributed by atoms with Gasteiger partial charge >= 0.3 is 0 Å². The van der Waals surface area contributed by atoms with Crippen molar-refractivity contribution >= 4 is 23.2 Å². The van der Waals surface area contributed by atoms with Gasteiger partial charge in [0.15, 0.2) is 0 Å². The normalized spacial score (nSPS) is 16.7. The van der Waals surface area contributed by atoms with Gasteiger partial charge in [0, 0.05) is 24.3 Å². The van der Waals surface area contributed by atoms with Crippen molar-refractivity contribution < 1.29 is 9.59 Å². The minimum Gasteiger partial charge on any atom is -0.325 e. The third-order valence-electron chi connectivity index (χ3n) is 5.45. The van der Waals surface area contributed by atoms with E-state index in [9.17, 15) is 9.59 Å². The van der Waals surface area contributed by atoms with E-state index in [4.69, 9.17) is 0 Å². The van der Waals surface area contributed by atoms with Crippen LogP contribution in [0.25, 0.3) is 0 Å². The summed E-state index contributed by atoms with van der Waals surface area (Å²) in [5, 5.41) is 3.13. The number of benzene rings is 2. The lowest BCUT2D eigenvalue weighted by Gasteiger charge is -2.22. The van der Waals surface area contributed by atoms with Gasteiger partial charge in [-0.15, -0.1) is 0 Å². The van der Waals surface area contributed by atoms with Gasteiger partial charge in [0.1, 0.15) is 0 Å². The van der Waals surface area contributed by atoms with Gasteiger partial charge in [0.25, 0.3) is 0 Å². The van der Waals surface area contributed by atoms with Gasteiger partial charge in [-0.2, -0.15) is 0 Å². The van der Waals surface area contributed by atoms with Crippen LogP contribution in [0.15, 0.2) is 36.4 Å². The maximum Gasteiger partial charge on any atom is 0.229 e. The van der Waals surface area contributed by atoms with Gasteiger partial charge < -0.3 is 10.2 Å². The highest BCUT2D eigenvalue weighted by Gasteiger charge is 2.36. The Morgan fingerprint density at radius 1 is 1.04 bits per heavy atom. The zero-order valence-corrected chi connectivity index (χ0v) is 16.6. The van der Waals surface area contributed by atoms with Crippen molar-refractivity contribution in [1.82, 2.24) is 0 Å². The molecular formula is C23H28N2O2. The quantitative estimate of drug-likeness (QED) is 0.854. The molecule has 0 aromatic heterocycles. The molecule has 4 nitrogen and oxygen atoms in total. The molecular weight excluding hydrogens is 336 g/mol. The lowest BCUT2D eigenvalue weighted by atomic mass is 10.0. The first-order valence-electron chi connectivity index (χ1n) is 9.74. The van der Waals surface area contributed by atoms with Crippen LogP contribution in [0.1, 0.15) is 42.5 Å². The standard InChI is InChI=1S/C23H28N2O2/c1-5-17-11-8-12-18(6-2)21(17)24-23(27)19-13-20(26)25(14-19)22-15(3)9-7-10-16(22)4/h7-12,19H,5-6,13-14H2,1-4H3,(H,24,27)/t19-/m0/s1. The first kappa shape index (κ1) is 19.2. The molecule has 27 heavy (non-hydrogen) atoms. The number of aryl methyl sites for hydroxylation is 4. The van der Waals surface area contributed by atoms with E-state index in [2.05, 4.69) is 31.3 Å². The third-order valence-corrected chi connectivity index (χ3v) is 5.45. The molecule has 142 valence electrons. The van der Waals surface area contributed by atoms with Crippen molar-refractivity contribution in [1.29, 1.82) is 0 Å². The highest BCUT2D eigenvalue weighted by Crippen LogP contribution is 2.32. The van der Waals surface area contributed by atoms with Crippen LogP contribution in [0.2, 0.25) is 0 Å². The molecule has 0 spiro atoms. The molecule has 2 amide bonds. The molecule has 2 aromatic carbocycles. The fourth-order valence-corrected chi connectivity index (χ4v) is 3.96. The monoisotopic (exact) mass is 364 g/mol. The molecule has 0 aliphatic carbocycles. The summed E-state index contributed by atoms with van der Waals surface area (Å²) in [4.78, 5) is 27.4. The second kappa shape index (κ2) is 7.95. The molecule has 1 heterocycles. The highest BCUT2D eigenvalue weighted by atomic mass is 16.2. The second-order valence-electron chi connectivity index (χ2n) is 7.29. The number of hydrogen-bond donors (Lipinski definition) is 1. The van der Waals surface area contributed by atoms with Crippen molar-refractivity contribution in [3.05, 3.63) is 58.7 Å². The molecule has 4 heteroatoms. The summed E-state index contributed by atoms with van der Waals surface area (Å²) in [5.74, 6) is -0.370. The van der Waals surface area contributed by atoms with E-state index >= 15 is 0 Å². The number of para-hydroxylation sites is 2. The number of nitrogens with zero attached hydrogens (tertiary/aromatic N) is 1. The molecule has 1 aliphatic rings. The van der Waals surface area contributed by atoms with E-state index in [1.807, 2.05) is 38.1 Å². The Labute approximate surface area is 161 Å². The van der Waals surface area contributed by atoms with E-state index in [0.717, 1.165) is 46.5 Å². The van der Waals surface area contributed by atoms with Crippen molar-refractivity contribution in [2.24, 2.45) is 5.92 Å². The Morgan fingerprint density at radius 3 is 2.15 bits per heavy atom. The van der Waals surface area contributed by atoms with Crippen LogP contribution >= 0.6 is 0 Å². The highest BCUT2D eigenvalue weighted by molar-refractivity contribution is 6.04. The lowest BCUT2D eigenvalue weighted by Crippen LogP contribution is -2.29. The van der Waals surface area contributed by atoms with E-state index in [-0.39, 0.29) is 24.2 Å². The molecule has 1 aliphatic heterocycles. The molecule has 0 radical (unpaired) electrons. The minimum absolute atomic E-state index is 0.0204. The summed E-state index contributed by atoms with van der Waals surface area (Å²) in [7, 11) is 0. The van der Waals surface area contributed by atoms with Crippen LogP contribution in [0.3, 0.4) is 0 Å². The van der Waals surface area contributed by atoms with Crippen molar-refractivity contribution in [3.8, 4) is 0 Å². The zero-order valence-electron chi connectivity index (χ0n) is 16.6. The van der Waals surface area contributed by atoms with Crippen molar-refractivity contribution in [3.63, 3.8) is 0 Å². The lowest BCUT2D eigenvalue weighted by molar-refractivity contribution is -0.122. The van der Waals surface area contributed by atoms with Gasteiger partial charge in [0.2, 0.25) is 11.8 Å². The number of anilines is 2. The van der Waals surface area contributed by atoms with Crippen LogP contribution in [-0.2, 0) is 22.4 Å². The Balaban J connectivity index is 1.81. The third kappa shape index (κ3) is 3.75. The fraction of sp³-hybridized carbons (Fsp3) is 0.391. The summed E-state index contributed by atoms with van der Waals surface area (Å²) in [6.45, 7) is 8.63. The SMILES string of the molecule is CCc1cccc(CC)c1NC(=O)[C@H]1CC(=O)N(c2c(C)cccc2C)C1. The first-order valence-corrected chi connectivity index (χ1v) is 9.74. The summed E-state index contributed by atoms with van der Waals surface area (Å²) in [6, 6.07) is 12.2.